The van der Waals surface area contributed by atoms with Crippen LogP contribution in [0, 0.1) is 11.3 Å². The second-order valence-corrected chi connectivity index (χ2v) is 5.20. The Morgan fingerprint density at radius 1 is 0.667 bits per heavy atom. The average Bonchev–Trinajstić information content (AvgIpc) is 2.67. The summed E-state index contributed by atoms with van der Waals surface area (Å²) in [5.74, 6) is 1.38. The SMILES string of the molecule is N#Cc1ccccc1OCCOc1ccc(-c2ccccc2)cc1. The van der Waals surface area contributed by atoms with Crippen LogP contribution in [0.25, 0.3) is 11.1 Å². The van der Waals surface area contributed by atoms with Crippen molar-refractivity contribution in [2.75, 3.05) is 13.2 Å². The number of nitrogens with zero attached hydrogens (tertiary/aromatic N) is 1. The van der Waals surface area contributed by atoms with Crippen molar-refractivity contribution in [1.29, 1.82) is 5.26 Å². The molecule has 0 unspecified atom stereocenters. The van der Waals surface area contributed by atoms with Gasteiger partial charge in [0.2, 0.25) is 0 Å². The van der Waals surface area contributed by atoms with E-state index >= 15 is 0 Å². The molecule has 0 aliphatic carbocycles. The molecule has 3 aromatic rings. The molecule has 3 nitrogen and oxygen atoms in total. The molecule has 3 aromatic carbocycles. The second-order valence-electron chi connectivity index (χ2n) is 5.20. The second kappa shape index (κ2) is 7.85. The third kappa shape index (κ3) is 3.93. The van der Waals surface area contributed by atoms with Crippen LogP contribution in [0.3, 0.4) is 0 Å². The van der Waals surface area contributed by atoms with Crippen LogP contribution in [0.2, 0.25) is 0 Å². The lowest BCUT2D eigenvalue weighted by Crippen LogP contribution is -2.09. The van der Waals surface area contributed by atoms with E-state index in [1.807, 2.05) is 54.6 Å². The maximum Gasteiger partial charge on any atom is 0.137 e. The third-order valence-electron chi connectivity index (χ3n) is 3.58. The quantitative estimate of drug-likeness (QED) is 0.620. The zero-order valence-corrected chi connectivity index (χ0v) is 13.2. The first-order chi connectivity index (χ1) is 11.9. The largest absolute Gasteiger partial charge is 0.490 e. The Hall–Kier alpha value is -3.25. The summed E-state index contributed by atoms with van der Waals surface area (Å²) < 4.78 is 11.3. The molecule has 0 radical (unpaired) electrons. The number of para-hydroxylation sites is 1. The molecule has 0 spiro atoms. The number of rotatable bonds is 6. The van der Waals surface area contributed by atoms with Gasteiger partial charge in [-0.05, 0) is 35.4 Å². The minimum Gasteiger partial charge on any atom is -0.490 e. The smallest absolute Gasteiger partial charge is 0.137 e. The van der Waals surface area contributed by atoms with E-state index in [-0.39, 0.29) is 0 Å². The van der Waals surface area contributed by atoms with E-state index in [9.17, 15) is 0 Å². The van der Waals surface area contributed by atoms with Gasteiger partial charge in [0, 0.05) is 0 Å². The van der Waals surface area contributed by atoms with E-state index < -0.39 is 0 Å². The molecule has 3 heteroatoms. The maximum absolute atomic E-state index is 9.01. The Kier molecular flexibility index (Phi) is 5.11. The molecule has 3 rings (SSSR count). The number of nitriles is 1. The summed E-state index contributed by atoms with van der Waals surface area (Å²) >= 11 is 0. The molecular weight excluding hydrogens is 298 g/mol. The summed E-state index contributed by atoms with van der Waals surface area (Å²) in [6.07, 6.45) is 0. The number of hydrogen-bond acceptors (Lipinski definition) is 3. The first-order valence-corrected chi connectivity index (χ1v) is 7.77. The van der Waals surface area contributed by atoms with Crippen molar-refractivity contribution < 1.29 is 9.47 Å². The third-order valence-corrected chi connectivity index (χ3v) is 3.58. The fourth-order valence-corrected chi connectivity index (χ4v) is 2.37. The van der Waals surface area contributed by atoms with Crippen LogP contribution < -0.4 is 9.47 Å². The molecule has 24 heavy (non-hydrogen) atoms. The number of hydrogen-bond donors (Lipinski definition) is 0. The molecule has 0 heterocycles. The van der Waals surface area contributed by atoms with Gasteiger partial charge in [0.15, 0.2) is 0 Å². The molecule has 0 aromatic heterocycles. The first kappa shape index (κ1) is 15.6. The Labute approximate surface area is 141 Å². The normalized spacial score (nSPS) is 9.96. The predicted molar refractivity (Wildman–Crippen MR) is 94.0 cm³/mol. The molecule has 118 valence electrons. The average molecular weight is 315 g/mol. The molecular formula is C21H17NO2. The molecule has 0 saturated heterocycles. The summed E-state index contributed by atoms with van der Waals surface area (Å²) in [6, 6.07) is 27.5. The monoisotopic (exact) mass is 315 g/mol. The van der Waals surface area contributed by atoms with Crippen molar-refractivity contribution >= 4 is 0 Å². The summed E-state index contributed by atoms with van der Waals surface area (Å²) in [4.78, 5) is 0. The predicted octanol–water partition coefficient (Wildman–Crippen LogP) is 4.68. The van der Waals surface area contributed by atoms with Gasteiger partial charge in [0.05, 0.1) is 5.56 Å². The number of benzene rings is 3. The van der Waals surface area contributed by atoms with E-state index in [0.29, 0.717) is 24.5 Å². The van der Waals surface area contributed by atoms with Gasteiger partial charge < -0.3 is 9.47 Å². The summed E-state index contributed by atoms with van der Waals surface area (Å²) in [5.41, 5.74) is 2.87. The topological polar surface area (TPSA) is 42.2 Å². The molecule has 0 saturated carbocycles. The van der Waals surface area contributed by atoms with Crippen LogP contribution >= 0.6 is 0 Å². The lowest BCUT2D eigenvalue weighted by molar-refractivity contribution is 0.217. The van der Waals surface area contributed by atoms with Gasteiger partial charge in [-0.15, -0.1) is 0 Å². The van der Waals surface area contributed by atoms with Crippen LogP contribution in [0.5, 0.6) is 11.5 Å². The van der Waals surface area contributed by atoms with Gasteiger partial charge in [0.1, 0.15) is 30.8 Å². The van der Waals surface area contributed by atoms with Crippen molar-refractivity contribution in [3.8, 4) is 28.7 Å². The van der Waals surface area contributed by atoms with Gasteiger partial charge in [-0.1, -0.05) is 54.6 Å². The molecule has 0 aliphatic heterocycles. The molecule has 0 amide bonds. The van der Waals surface area contributed by atoms with Gasteiger partial charge in [-0.25, -0.2) is 0 Å². The highest BCUT2D eigenvalue weighted by Gasteiger charge is 2.02. The van der Waals surface area contributed by atoms with E-state index in [1.165, 1.54) is 5.56 Å². The van der Waals surface area contributed by atoms with Crippen LogP contribution in [0.15, 0.2) is 78.9 Å². The van der Waals surface area contributed by atoms with Gasteiger partial charge >= 0.3 is 0 Å². The van der Waals surface area contributed by atoms with E-state index in [0.717, 1.165) is 11.3 Å². The lowest BCUT2D eigenvalue weighted by atomic mass is 10.1. The van der Waals surface area contributed by atoms with Gasteiger partial charge in [-0.3, -0.25) is 0 Å². The standard InChI is InChI=1S/C21H17NO2/c22-16-19-8-4-5-9-21(19)24-15-14-23-20-12-10-18(11-13-20)17-6-2-1-3-7-17/h1-13H,14-15H2. The van der Waals surface area contributed by atoms with Crippen molar-refractivity contribution in [3.63, 3.8) is 0 Å². The lowest BCUT2D eigenvalue weighted by Gasteiger charge is -2.10. The minimum absolute atomic E-state index is 0.388. The van der Waals surface area contributed by atoms with E-state index in [2.05, 4.69) is 18.2 Å². The van der Waals surface area contributed by atoms with E-state index in [1.54, 1.807) is 12.1 Å². The Bertz CT molecular complexity index is 820. The van der Waals surface area contributed by atoms with Crippen LogP contribution in [0.4, 0.5) is 0 Å². The summed E-state index contributed by atoms with van der Waals surface area (Å²) in [7, 11) is 0. The van der Waals surface area contributed by atoms with Crippen LogP contribution in [0.1, 0.15) is 5.56 Å². The highest BCUT2D eigenvalue weighted by atomic mass is 16.5. The van der Waals surface area contributed by atoms with Crippen molar-refractivity contribution in [2.45, 2.75) is 0 Å². The van der Waals surface area contributed by atoms with Crippen molar-refractivity contribution in [2.24, 2.45) is 0 Å². The molecule has 0 fully saturated rings. The number of ether oxygens (including phenoxy) is 2. The highest BCUT2D eigenvalue weighted by Crippen LogP contribution is 2.22. The fourth-order valence-electron chi connectivity index (χ4n) is 2.37. The zero-order chi connectivity index (χ0) is 16.6. The van der Waals surface area contributed by atoms with Gasteiger partial charge in [0.25, 0.3) is 0 Å². The molecule has 0 aliphatic rings. The molecule has 0 atom stereocenters. The first-order valence-electron chi connectivity index (χ1n) is 7.77. The summed E-state index contributed by atoms with van der Waals surface area (Å²) in [5, 5.41) is 9.01. The minimum atomic E-state index is 0.388. The van der Waals surface area contributed by atoms with Crippen LogP contribution in [-0.4, -0.2) is 13.2 Å². The zero-order valence-electron chi connectivity index (χ0n) is 13.2. The Balaban J connectivity index is 1.51. The Morgan fingerprint density at radius 3 is 2.04 bits per heavy atom. The molecule has 0 bridgehead atoms. The van der Waals surface area contributed by atoms with Crippen LogP contribution in [-0.2, 0) is 0 Å². The molecule has 0 N–H and O–H groups in total. The maximum atomic E-state index is 9.01. The summed E-state index contributed by atoms with van der Waals surface area (Å²) in [6.45, 7) is 0.809. The van der Waals surface area contributed by atoms with Gasteiger partial charge in [-0.2, -0.15) is 5.26 Å². The highest BCUT2D eigenvalue weighted by molar-refractivity contribution is 5.63. The van der Waals surface area contributed by atoms with Crippen molar-refractivity contribution in [3.05, 3.63) is 84.4 Å². The van der Waals surface area contributed by atoms with E-state index in [4.69, 9.17) is 14.7 Å². The fraction of sp³-hybridized carbons (Fsp3) is 0.0952. The van der Waals surface area contributed by atoms with Crippen molar-refractivity contribution in [1.82, 2.24) is 0 Å². The Morgan fingerprint density at radius 2 is 1.29 bits per heavy atom.